The summed E-state index contributed by atoms with van der Waals surface area (Å²) in [6.45, 7) is 1.32. The number of ether oxygens (including phenoxy) is 1. The van der Waals surface area contributed by atoms with Gasteiger partial charge in [0.2, 0.25) is 0 Å². The van der Waals surface area contributed by atoms with E-state index in [9.17, 15) is 4.79 Å². The Morgan fingerprint density at radius 1 is 1.69 bits per heavy atom. The lowest BCUT2D eigenvalue weighted by Crippen LogP contribution is -2.32. The van der Waals surface area contributed by atoms with Crippen molar-refractivity contribution in [3.8, 4) is 0 Å². The van der Waals surface area contributed by atoms with E-state index in [0.717, 1.165) is 19.4 Å². The minimum absolute atomic E-state index is 0.141. The second-order valence-corrected chi connectivity index (χ2v) is 3.81. The summed E-state index contributed by atoms with van der Waals surface area (Å²) < 4.78 is 5.41. The van der Waals surface area contributed by atoms with E-state index < -0.39 is 0 Å². The Bertz CT molecular complexity index is 375. The molecular weight excluding hydrogens is 206 g/mol. The summed E-state index contributed by atoms with van der Waals surface area (Å²) in [6.07, 6.45) is 5.24. The fourth-order valence-corrected chi connectivity index (χ4v) is 1.70. The molecule has 1 aromatic rings. The van der Waals surface area contributed by atoms with Gasteiger partial charge in [0.05, 0.1) is 11.7 Å². The molecule has 0 aliphatic carbocycles. The summed E-state index contributed by atoms with van der Waals surface area (Å²) in [5.74, 6) is -0.193. The first-order chi connectivity index (χ1) is 7.77. The predicted molar refractivity (Wildman–Crippen MR) is 60.0 cm³/mol. The maximum Gasteiger partial charge on any atom is 0.255 e. The van der Waals surface area contributed by atoms with Crippen LogP contribution in [0.25, 0.3) is 0 Å². The second-order valence-electron chi connectivity index (χ2n) is 3.81. The van der Waals surface area contributed by atoms with Crippen LogP contribution < -0.4 is 11.1 Å². The van der Waals surface area contributed by atoms with Crippen LogP contribution >= 0.6 is 0 Å². The molecule has 16 heavy (non-hydrogen) atoms. The van der Waals surface area contributed by atoms with Gasteiger partial charge in [0.25, 0.3) is 5.91 Å². The van der Waals surface area contributed by atoms with Crippen LogP contribution in [0, 0.1) is 0 Å². The number of nitrogens with one attached hydrogen (secondary N) is 1. The number of aromatic nitrogens is 1. The molecule has 1 atom stereocenters. The number of nitrogens with zero attached hydrogens (tertiary/aromatic N) is 1. The zero-order valence-corrected chi connectivity index (χ0v) is 8.98. The van der Waals surface area contributed by atoms with Crippen molar-refractivity contribution in [3.63, 3.8) is 0 Å². The standard InChI is InChI=1S/C11H15N3O2/c12-10-3-4-13-7-9(10)11(15)14-6-8-2-1-5-16-8/h3-4,7-8H,1-2,5-6H2,(H2,12,13)(H,14,15). The van der Waals surface area contributed by atoms with Crippen molar-refractivity contribution in [2.45, 2.75) is 18.9 Å². The molecule has 0 spiro atoms. The molecule has 1 aromatic heterocycles. The minimum Gasteiger partial charge on any atom is -0.398 e. The van der Waals surface area contributed by atoms with E-state index in [1.165, 1.54) is 6.20 Å². The smallest absolute Gasteiger partial charge is 0.255 e. The van der Waals surface area contributed by atoms with Gasteiger partial charge in [-0.05, 0) is 18.9 Å². The first-order valence-corrected chi connectivity index (χ1v) is 5.36. The highest BCUT2D eigenvalue weighted by Gasteiger charge is 2.17. The van der Waals surface area contributed by atoms with Crippen LogP contribution in [0.5, 0.6) is 0 Å². The molecule has 86 valence electrons. The fraction of sp³-hybridized carbons (Fsp3) is 0.455. The summed E-state index contributed by atoms with van der Waals surface area (Å²) in [7, 11) is 0. The topological polar surface area (TPSA) is 77.2 Å². The molecule has 1 saturated heterocycles. The number of anilines is 1. The Hall–Kier alpha value is -1.62. The molecule has 1 unspecified atom stereocenters. The van der Waals surface area contributed by atoms with Crippen LogP contribution in [0.2, 0.25) is 0 Å². The lowest BCUT2D eigenvalue weighted by Gasteiger charge is -2.11. The molecule has 1 aliphatic rings. The number of hydrogen-bond acceptors (Lipinski definition) is 4. The average Bonchev–Trinajstić information content (AvgIpc) is 2.79. The SMILES string of the molecule is Nc1ccncc1C(=O)NCC1CCCO1. The normalized spacial score (nSPS) is 19.6. The molecule has 1 amide bonds. The van der Waals surface area contributed by atoms with E-state index in [4.69, 9.17) is 10.5 Å². The summed E-state index contributed by atoms with van der Waals surface area (Å²) >= 11 is 0. The van der Waals surface area contributed by atoms with Gasteiger partial charge >= 0.3 is 0 Å². The summed E-state index contributed by atoms with van der Waals surface area (Å²) in [5, 5.41) is 2.80. The number of amides is 1. The van der Waals surface area contributed by atoms with E-state index in [-0.39, 0.29) is 12.0 Å². The number of nitrogen functional groups attached to an aromatic ring is 1. The van der Waals surface area contributed by atoms with Crippen molar-refractivity contribution in [1.82, 2.24) is 10.3 Å². The first-order valence-electron chi connectivity index (χ1n) is 5.36. The van der Waals surface area contributed by atoms with Crippen LogP contribution in [0.3, 0.4) is 0 Å². The molecule has 3 N–H and O–H groups in total. The number of carbonyl (C=O) groups is 1. The van der Waals surface area contributed by atoms with Crippen molar-refractivity contribution in [2.75, 3.05) is 18.9 Å². The van der Waals surface area contributed by atoms with Gasteiger partial charge in [-0.25, -0.2) is 0 Å². The Morgan fingerprint density at radius 2 is 2.56 bits per heavy atom. The van der Waals surface area contributed by atoms with Crippen LogP contribution in [-0.4, -0.2) is 30.1 Å². The van der Waals surface area contributed by atoms with Crippen LogP contribution in [0.1, 0.15) is 23.2 Å². The highest BCUT2D eigenvalue weighted by atomic mass is 16.5. The number of carbonyl (C=O) groups excluding carboxylic acids is 1. The first kappa shape index (κ1) is 10.9. The molecule has 1 aliphatic heterocycles. The van der Waals surface area contributed by atoms with Gasteiger partial charge in [-0.3, -0.25) is 9.78 Å². The Morgan fingerprint density at radius 3 is 3.25 bits per heavy atom. The summed E-state index contributed by atoms with van der Waals surface area (Å²) in [4.78, 5) is 15.6. The van der Waals surface area contributed by atoms with Crippen molar-refractivity contribution < 1.29 is 9.53 Å². The van der Waals surface area contributed by atoms with E-state index in [1.54, 1.807) is 12.3 Å². The van der Waals surface area contributed by atoms with Crippen LogP contribution in [0.15, 0.2) is 18.5 Å². The van der Waals surface area contributed by atoms with Gasteiger partial charge < -0.3 is 15.8 Å². The lowest BCUT2D eigenvalue weighted by atomic mass is 10.2. The maximum atomic E-state index is 11.7. The van der Waals surface area contributed by atoms with E-state index in [0.29, 0.717) is 17.8 Å². The van der Waals surface area contributed by atoms with Crippen molar-refractivity contribution in [2.24, 2.45) is 0 Å². The molecule has 2 heterocycles. The van der Waals surface area contributed by atoms with Gasteiger partial charge in [-0.2, -0.15) is 0 Å². The number of hydrogen-bond donors (Lipinski definition) is 2. The van der Waals surface area contributed by atoms with Gasteiger partial charge in [0.1, 0.15) is 0 Å². The van der Waals surface area contributed by atoms with Gasteiger partial charge in [-0.1, -0.05) is 0 Å². The zero-order valence-electron chi connectivity index (χ0n) is 8.98. The Balaban J connectivity index is 1.90. The Kier molecular flexibility index (Phi) is 3.36. The molecule has 2 rings (SSSR count). The maximum absolute atomic E-state index is 11.7. The van der Waals surface area contributed by atoms with Crippen molar-refractivity contribution in [1.29, 1.82) is 0 Å². The predicted octanol–water partition coefficient (Wildman–Crippen LogP) is 0.573. The molecule has 0 radical (unpaired) electrons. The van der Waals surface area contributed by atoms with Gasteiger partial charge in [0, 0.05) is 31.2 Å². The van der Waals surface area contributed by atoms with Crippen molar-refractivity contribution in [3.05, 3.63) is 24.0 Å². The average molecular weight is 221 g/mol. The van der Waals surface area contributed by atoms with E-state index in [2.05, 4.69) is 10.3 Å². The molecule has 0 bridgehead atoms. The third kappa shape index (κ3) is 2.49. The highest BCUT2D eigenvalue weighted by Crippen LogP contribution is 2.12. The molecule has 5 heteroatoms. The molecule has 0 aromatic carbocycles. The quantitative estimate of drug-likeness (QED) is 0.782. The van der Waals surface area contributed by atoms with Crippen LogP contribution in [0.4, 0.5) is 5.69 Å². The summed E-state index contributed by atoms with van der Waals surface area (Å²) in [5.41, 5.74) is 6.53. The highest BCUT2D eigenvalue weighted by molar-refractivity contribution is 5.98. The summed E-state index contributed by atoms with van der Waals surface area (Å²) in [6, 6.07) is 1.61. The second kappa shape index (κ2) is 4.94. The molecule has 0 saturated carbocycles. The fourth-order valence-electron chi connectivity index (χ4n) is 1.70. The van der Waals surface area contributed by atoms with E-state index in [1.807, 2.05) is 0 Å². The molecule has 1 fully saturated rings. The largest absolute Gasteiger partial charge is 0.398 e. The zero-order chi connectivity index (χ0) is 11.4. The van der Waals surface area contributed by atoms with E-state index >= 15 is 0 Å². The molecule has 5 nitrogen and oxygen atoms in total. The van der Waals surface area contributed by atoms with Crippen molar-refractivity contribution >= 4 is 11.6 Å². The monoisotopic (exact) mass is 221 g/mol. The minimum atomic E-state index is -0.193. The number of rotatable bonds is 3. The molecular formula is C11H15N3O2. The van der Waals surface area contributed by atoms with Gasteiger partial charge in [-0.15, -0.1) is 0 Å². The third-order valence-electron chi connectivity index (χ3n) is 2.61. The van der Waals surface area contributed by atoms with Gasteiger partial charge in [0.15, 0.2) is 0 Å². The Labute approximate surface area is 94.0 Å². The van der Waals surface area contributed by atoms with Crippen LogP contribution in [-0.2, 0) is 4.74 Å². The lowest BCUT2D eigenvalue weighted by molar-refractivity contribution is 0.0858. The third-order valence-corrected chi connectivity index (χ3v) is 2.61. The number of pyridine rings is 1. The number of nitrogens with two attached hydrogens (primary N) is 1.